The number of carbonyl (C=O) groups excluding carboxylic acids is 2. The highest BCUT2D eigenvalue weighted by Crippen LogP contribution is 2.18. The molecule has 1 aliphatic rings. The third-order valence-corrected chi connectivity index (χ3v) is 2.73. The molecule has 0 radical (unpaired) electrons. The Morgan fingerprint density at radius 1 is 1.33 bits per heavy atom. The van der Waals surface area contributed by atoms with Gasteiger partial charge in [0.25, 0.3) is 5.91 Å². The van der Waals surface area contributed by atoms with E-state index in [9.17, 15) is 9.59 Å². The molecule has 0 aromatic heterocycles. The van der Waals surface area contributed by atoms with Gasteiger partial charge in [-0.15, -0.1) is 0 Å². The number of hydrogen-bond acceptors (Lipinski definition) is 3. The highest BCUT2D eigenvalue weighted by Gasteiger charge is 2.22. The fraction of sp³-hybridized carbons (Fsp3) is 0.385. The van der Waals surface area contributed by atoms with Crippen molar-refractivity contribution in [3.05, 3.63) is 29.8 Å². The third kappa shape index (κ3) is 3.76. The van der Waals surface area contributed by atoms with Gasteiger partial charge in [-0.3, -0.25) is 9.59 Å². The summed E-state index contributed by atoms with van der Waals surface area (Å²) in [5, 5.41) is 5.56. The summed E-state index contributed by atoms with van der Waals surface area (Å²) in [6.07, 6.45) is 2.45. The summed E-state index contributed by atoms with van der Waals surface area (Å²) in [5.74, 6) is -0.216. The Hall–Kier alpha value is -2.04. The topological polar surface area (TPSA) is 84.2 Å². The van der Waals surface area contributed by atoms with E-state index in [4.69, 9.17) is 5.73 Å². The van der Waals surface area contributed by atoms with Crippen LogP contribution in [0.25, 0.3) is 0 Å². The molecule has 4 N–H and O–H groups in total. The van der Waals surface area contributed by atoms with Crippen molar-refractivity contribution in [1.29, 1.82) is 0 Å². The first kappa shape index (κ1) is 12.4. The van der Waals surface area contributed by atoms with E-state index in [2.05, 4.69) is 10.6 Å². The van der Waals surface area contributed by atoms with Crippen LogP contribution in [0.15, 0.2) is 24.3 Å². The van der Waals surface area contributed by atoms with E-state index < -0.39 is 0 Å². The third-order valence-electron chi connectivity index (χ3n) is 2.73. The molecule has 96 valence electrons. The normalized spacial score (nSPS) is 14.0. The summed E-state index contributed by atoms with van der Waals surface area (Å²) in [4.78, 5) is 23.1. The maximum absolute atomic E-state index is 11.7. The minimum atomic E-state index is -0.207. The fourth-order valence-electron chi connectivity index (χ4n) is 1.60. The van der Waals surface area contributed by atoms with Crippen LogP contribution in [0.1, 0.15) is 29.6 Å². The van der Waals surface area contributed by atoms with Gasteiger partial charge in [0.05, 0.1) is 0 Å². The summed E-state index contributed by atoms with van der Waals surface area (Å²) >= 11 is 0. The van der Waals surface area contributed by atoms with E-state index in [0.29, 0.717) is 30.3 Å². The Morgan fingerprint density at radius 3 is 2.78 bits per heavy atom. The van der Waals surface area contributed by atoms with Gasteiger partial charge in [0, 0.05) is 30.3 Å². The summed E-state index contributed by atoms with van der Waals surface area (Å²) in [6.45, 7) is 0.339. The minimum absolute atomic E-state index is 0.00891. The van der Waals surface area contributed by atoms with Crippen molar-refractivity contribution in [2.45, 2.75) is 25.3 Å². The molecular formula is C13H17N3O2. The van der Waals surface area contributed by atoms with Gasteiger partial charge in [0.15, 0.2) is 0 Å². The molecule has 2 amide bonds. The first-order valence-corrected chi connectivity index (χ1v) is 6.08. The number of benzene rings is 1. The van der Waals surface area contributed by atoms with E-state index in [-0.39, 0.29) is 11.8 Å². The average molecular weight is 247 g/mol. The van der Waals surface area contributed by atoms with Crippen LogP contribution < -0.4 is 16.4 Å². The van der Waals surface area contributed by atoms with Gasteiger partial charge in [0.2, 0.25) is 5.91 Å². The van der Waals surface area contributed by atoms with Crippen LogP contribution in [-0.2, 0) is 4.79 Å². The summed E-state index contributed by atoms with van der Waals surface area (Å²) in [6, 6.07) is 7.11. The highest BCUT2D eigenvalue weighted by molar-refractivity contribution is 5.95. The van der Waals surface area contributed by atoms with Gasteiger partial charge >= 0.3 is 0 Å². The zero-order valence-electron chi connectivity index (χ0n) is 10.1. The lowest BCUT2D eigenvalue weighted by molar-refractivity contribution is -0.121. The molecule has 0 atom stereocenters. The molecule has 0 bridgehead atoms. The first-order chi connectivity index (χ1) is 8.65. The second-order valence-electron chi connectivity index (χ2n) is 4.47. The summed E-state index contributed by atoms with van der Waals surface area (Å²) in [7, 11) is 0. The zero-order valence-corrected chi connectivity index (χ0v) is 10.1. The van der Waals surface area contributed by atoms with E-state index in [1.54, 1.807) is 24.3 Å². The van der Waals surface area contributed by atoms with Gasteiger partial charge in [-0.2, -0.15) is 0 Å². The smallest absolute Gasteiger partial charge is 0.251 e. The van der Waals surface area contributed by atoms with E-state index in [1.807, 2.05) is 0 Å². The molecular weight excluding hydrogens is 230 g/mol. The second kappa shape index (κ2) is 5.53. The number of nitrogens with one attached hydrogen (secondary N) is 2. The lowest BCUT2D eigenvalue weighted by Crippen LogP contribution is -2.31. The molecule has 2 rings (SSSR count). The van der Waals surface area contributed by atoms with Crippen LogP contribution in [0.5, 0.6) is 0 Å². The second-order valence-corrected chi connectivity index (χ2v) is 4.47. The SMILES string of the molecule is Nc1cccc(C(=O)NCCC(=O)NC2CC2)c1. The van der Waals surface area contributed by atoms with Crippen LogP contribution >= 0.6 is 0 Å². The number of hydrogen-bond donors (Lipinski definition) is 3. The van der Waals surface area contributed by atoms with Crippen LogP contribution in [0.3, 0.4) is 0 Å². The van der Waals surface area contributed by atoms with Crippen molar-refractivity contribution in [3.63, 3.8) is 0 Å². The first-order valence-electron chi connectivity index (χ1n) is 6.08. The van der Waals surface area contributed by atoms with Gasteiger partial charge in [-0.25, -0.2) is 0 Å². The average Bonchev–Trinajstić information content (AvgIpc) is 3.12. The molecule has 5 nitrogen and oxygen atoms in total. The summed E-state index contributed by atoms with van der Waals surface area (Å²) in [5.41, 5.74) is 6.65. The van der Waals surface area contributed by atoms with Gasteiger partial charge in [0.1, 0.15) is 0 Å². The van der Waals surface area contributed by atoms with Crippen molar-refractivity contribution >= 4 is 17.5 Å². The zero-order chi connectivity index (χ0) is 13.0. The van der Waals surface area contributed by atoms with Crippen LogP contribution in [0.4, 0.5) is 5.69 Å². The molecule has 0 spiro atoms. The van der Waals surface area contributed by atoms with Gasteiger partial charge in [-0.05, 0) is 31.0 Å². The minimum Gasteiger partial charge on any atom is -0.399 e. The lowest BCUT2D eigenvalue weighted by atomic mass is 10.2. The Balaban J connectivity index is 1.72. The summed E-state index contributed by atoms with van der Waals surface area (Å²) < 4.78 is 0. The Labute approximate surface area is 106 Å². The maximum atomic E-state index is 11.7. The number of nitrogens with two attached hydrogens (primary N) is 1. The Kier molecular flexibility index (Phi) is 3.82. The quantitative estimate of drug-likeness (QED) is 0.668. The maximum Gasteiger partial charge on any atom is 0.251 e. The van der Waals surface area contributed by atoms with E-state index in [0.717, 1.165) is 12.8 Å². The largest absolute Gasteiger partial charge is 0.399 e. The monoisotopic (exact) mass is 247 g/mol. The predicted octanol–water partition coefficient (Wildman–Crippen LogP) is 0.667. The number of nitrogen functional groups attached to an aromatic ring is 1. The number of carbonyl (C=O) groups is 2. The van der Waals surface area contributed by atoms with E-state index >= 15 is 0 Å². The molecule has 1 fully saturated rings. The van der Waals surface area contributed by atoms with Crippen molar-refractivity contribution in [2.24, 2.45) is 0 Å². The molecule has 1 aliphatic carbocycles. The fourth-order valence-corrected chi connectivity index (χ4v) is 1.60. The van der Waals surface area contributed by atoms with Gasteiger partial charge < -0.3 is 16.4 Å². The number of rotatable bonds is 5. The van der Waals surface area contributed by atoms with Crippen LogP contribution in [0, 0.1) is 0 Å². The number of anilines is 1. The molecule has 1 saturated carbocycles. The molecule has 0 unspecified atom stereocenters. The lowest BCUT2D eigenvalue weighted by Gasteiger charge is -2.06. The highest BCUT2D eigenvalue weighted by atomic mass is 16.2. The molecule has 18 heavy (non-hydrogen) atoms. The van der Waals surface area contributed by atoms with Crippen molar-refractivity contribution in [1.82, 2.24) is 10.6 Å². The molecule has 0 saturated heterocycles. The standard InChI is InChI=1S/C13H17N3O2/c14-10-3-1-2-9(8-10)13(18)15-7-6-12(17)16-11-4-5-11/h1-3,8,11H,4-7,14H2,(H,15,18)(H,16,17). The molecule has 1 aromatic rings. The van der Waals surface area contributed by atoms with Crippen molar-refractivity contribution in [2.75, 3.05) is 12.3 Å². The predicted molar refractivity (Wildman–Crippen MR) is 69.0 cm³/mol. The van der Waals surface area contributed by atoms with Crippen LogP contribution in [-0.4, -0.2) is 24.4 Å². The molecule has 5 heteroatoms. The number of amides is 2. The molecule has 1 aromatic carbocycles. The Morgan fingerprint density at radius 2 is 2.11 bits per heavy atom. The van der Waals surface area contributed by atoms with Crippen molar-refractivity contribution in [3.8, 4) is 0 Å². The van der Waals surface area contributed by atoms with Crippen molar-refractivity contribution < 1.29 is 9.59 Å². The van der Waals surface area contributed by atoms with Gasteiger partial charge in [-0.1, -0.05) is 6.07 Å². The Bertz CT molecular complexity index is 455. The van der Waals surface area contributed by atoms with Crippen LogP contribution in [0.2, 0.25) is 0 Å². The van der Waals surface area contributed by atoms with E-state index in [1.165, 1.54) is 0 Å². The molecule has 0 heterocycles. The molecule has 0 aliphatic heterocycles.